The highest BCUT2D eigenvalue weighted by Gasteiger charge is 2.24. The Hall–Kier alpha value is -7.82. The second-order valence-electron chi connectivity index (χ2n) is 12.4. The van der Waals surface area contributed by atoms with E-state index in [4.69, 9.17) is 35.2 Å². The Bertz CT molecular complexity index is 2250. The summed E-state index contributed by atoms with van der Waals surface area (Å²) in [5.41, 5.74) is 8.26. The molecule has 0 fully saturated rings. The van der Waals surface area contributed by atoms with Gasteiger partial charge in [0, 0.05) is 44.5 Å². The average molecular weight is 719 g/mol. The van der Waals surface area contributed by atoms with Gasteiger partial charge in [0.25, 0.3) is 0 Å². The van der Waals surface area contributed by atoms with Gasteiger partial charge < -0.3 is 9.47 Å². The first kappa shape index (κ1) is 39.4. The molecular weight excluding hydrogens is 681 g/mol. The molecule has 5 aromatic carbocycles. The number of ether oxygens (including phenoxy) is 2. The second-order valence-corrected chi connectivity index (χ2v) is 12.4. The molecule has 0 N–H and O–H groups in total. The normalized spacial score (nSPS) is 9.39. The molecule has 5 aromatic rings. The van der Waals surface area contributed by atoms with Crippen LogP contribution in [-0.4, -0.2) is 13.2 Å². The number of hydrogen-bond donors (Lipinski definition) is 0. The molecule has 0 aromatic heterocycles. The first-order chi connectivity index (χ1) is 27.5. The van der Waals surface area contributed by atoms with E-state index >= 15 is 0 Å². The predicted molar refractivity (Wildman–Crippen MR) is 229 cm³/mol. The van der Waals surface area contributed by atoms with Crippen molar-refractivity contribution in [2.75, 3.05) is 13.2 Å². The maximum absolute atomic E-state index is 6.69. The zero-order valence-corrected chi connectivity index (χ0v) is 31.6. The van der Waals surface area contributed by atoms with Crippen molar-refractivity contribution in [2.24, 2.45) is 0 Å². The molecule has 0 aliphatic heterocycles. The minimum atomic E-state index is 0.421. The topological polar surface area (TPSA) is 18.5 Å². The maximum Gasteiger partial charge on any atom is 0.153 e. The highest BCUT2D eigenvalue weighted by atomic mass is 16.5. The van der Waals surface area contributed by atoms with Crippen molar-refractivity contribution in [3.8, 4) is 108 Å². The fourth-order valence-corrected chi connectivity index (χ4v) is 5.24. The Labute approximate surface area is 333 Å². The van der Waals surface area contributed by atoms with E-state index in [0.717, 1.165) is 70.2 Å². The molecular formula is C54H38O2. The van der Waals surface area contributed by atoms with Gasteiger partial charge in [-0.25, -0.2) is 0 Å². The van der Waals surface area contributed by atoms with Crippen LogP contribution in [0, 0.1) is 96.7 Å². The zero-order chi connectivity index (χ0) is 39.5. The molecule has 0 saturated heterocycles. The molecule has 2 heteroatoms. The van der Waals surface area contributed by atoms with E-state index in [1.807, 2.05) is 97.1 Å². The van der Waals surface area contributed by atoms with E-state index in [2.05, 4.69) is 84.9 Å². The number of hydrogen-bond acceptors (Lipinski definition) is 2. The summed E-state index contributed by atoms with van der Waals surface area (Å²) >= 11 is 0. The summed E-state index contributed by atoms with van der Waals surface area (Å²) in [5, 5.41) is 0. The molecule has 0 saturated carbocycles. The summed E-state index contributed by atoms with van der Waals surface area (Å²) in [5.74, 6) is 38.6. The van der Waals surface area contributed by atoms with E-state index in [1.54, 1.807) is 0 Å². The zero-order valence-electron chi connectivity index (χ0n) is 31.6. The van der Waals surface area contributed by atoms with Gasteiger partial charge in [-0.15, -0.1) is 25.7 Å². The Kier molecular flexibility index (Phi) is 14.4. The lowest BCUT2D eigenvalue weighted by Gasteiger charge is -2.19. The van der Waals surface area contributed by atoms with Crippen LogP contribution in [0.4, 0.5) is 0 Å². The van der Waals surface area contributed by atoms with Crippen molar-refractivity contribution in [1.82, 2.24) is 0 Å². The molecule has 0 bridgehead atoms. The van der Waals surface area contributed by atoms with Gasteiger partial charge >= 0.3 is 0 Å². The summed E-state index contributed by atoms with van der Waals surface area (Å²) in [6, 6.07) is 30.0. The molecule has 0 radical (unpaired) electrons. The summed E-state index contributed by atoms with van der Waals surface area (Å²) in [6.07, 6.45) is 26.0. The van der Waals surface area contributed by atoms with Crippen LogP contribution in [0.5, 0.6) is 11.5 Å². The van der Waals surface area contributed by atoms with E-state index in [1.165, 1.54) is 0 Å². The molecule has 5 rings (SSSR count). The fourth-order valence-electron chi connectivity index (χ4n) is 5.24. The Balaban J connectivity index is 1.91. The average Bonchev–Trinajstić information content (AvgIpc) is 3.25. The van der Waals surface area contributed by atoms with Crippen molar-refractivity contribution in [1.29, 1.82) is 0 Å². The minimum Gasteiger partial charge on any atom is -0.491 e. The van der Waals surface area contributed by atoms with Gasteiger partial charge in [-0.1, -0.05) is 97.7 Å². The molecule has 0 aliphatic carbocycles. The van der Waals surface area contributed by atoms with E-state index in [-0.39, 0.29) is 0 Å². The number of terminal acetylenes is 4. The van der Waals surface area contributed by atoms with Gasteiger partial charge in [0.1, 0.15) is 0 Å². The third kappa shape index (κ3) is 10.6. The van der Waals surface area contributed by atoms with Gasteiger partial charge in [-0.2, -0.15) is 0 Å². The Morgan fingerprint density at radius 3 is 0.750 bits per heavy atom. The molecule has 56 heavy (non-hydrogen) atoms. The van der Waals surface area contributed by atoms with Crippen LogP contribution in [-0.2, 0) is 0 Å². The van der Waals surface area contributed by atoms with Crippen molar-refractivity contribution >= 4 is 0 Å². The van der Waals surface area contributed by atoms with E-state index < -0.39 is 0 Å². The van der Waals surface area contributed by atoms with Gasteiger partial charge in [0.05, 0.1) is 35.5 Å². The van der Waals surface area contributed by atoms with Crippen LogP contribution >= 0.6 is 0 Å². The van der Waals surface area contributed by atoms with Crippen LogP contribution in [0.2, 0.25) is 0 Å². The molecule has 0 heterocycles. The smallest absolute Gasteiger partial charge is 0.153 e. The number of rotatable bonds is 8. The van der Waals surface area contributed by atoms with Gasteiger partial charge in [-0.3, -0.25) is 0 Å². The second kappa shape index (κ2) is 20.4. The summed E-state index contributed by atoms with van der Waals surface area (Å²) in [4.78, 5) is 0. The van der Waals surface area contributed by atoms with E-state index in [9.17, 15) is 0 Å². The lowest BCUT2D eigenvalue weighted by molar-refractivity contribution is 0.298. The van der Waals surface area contributed by atoms with Crippen LogP contribution in [0.15, 0.2) is 97.1 Å². The van der Waals surface area contributed by atoms with Crippen molar-refractivity contribution in [3.63, 3.8) is 0 Å². The third-order valence-corrected chi connectivity index (χ3v) is 8.43. The molecule has 0 atom stereocenters. The molecule has 2 nitrogen and oxygen atoms in total. The maximum atomic E-state index is 6.69. The third-order valence-electron chi connectivity index (χ3n) is 8.43. The summed E-state index contributed by atoms with van der Waals surface area (Å²) in [6.45, 7) is 5.06. The first-order valence-electron chi connectivity index (χ1n) is 18.3. The largest absolute Gasteiger partial charge is 0.491 e. The fraction of sp³-hybridized carbons (Fsp3) is 0.148. The van der Waals surface area contributed by atoms with Crippen molar-refractivity contribution < 1.29 is 9.47 Å². The predicted octanol–water partition coefficient (Wildman–Crippen LogP) is 9.57. The SMILES string of the molecule is C#Cc1ccc(C#Cc2c(C#Cc3ccc(C#C)cc3)c(OCCCC)c(C#Cc3ccc(C#C)cc3)c(C#Cc3ccc(C#C)cc3)c2OCCCC)cc1. The molecule has 266 valence electrons. The van der Waals surface area contributed by atoms with Gasteiger partial charge in [0.15, 0.2) is 11.5 Å². The van der Waals surface area contributed by atoms with Crippen LogP contribution in [0.3, 0.4) is 0 Å². The Morgan fingerprint density at radius 1 is 0.339 bits per heavy atom. The monoisotopic (exact) mass is 718 g/mol. The molecule has 0 aliphatic rings. The quantitative estimate of drug-likeness (QED) is 0.118. The highest BCUT2D eigenvalue weighted by Crippen LogP contribution is 2.39. The summed E-state index contributed by atoms with van der Waals surface area (Å²) < 4.78 is 13.4. The lowest BCUT2D eigenvalue weighted by atomic mass is 9.94. The standard InChI is InChI=1S/C54H38O2/c1-7-13-39-55-53-49(35-31-45-23-15-41(9-3)16-24-45)51(37-33-47-27-19-43(11-5)20-28-47)54(56-40-14-8-2)52(38-34-48-29-21-44(12-6)22-30-48)50(53)36-32-46-25-17-42(10-4)18-26-46/h3-6,15-30H,7-8,13-14,39-40H2,1-2H3. The molecule has 0 amide bonds. The van der Waals surface area contributed by atoms with Crippen molar-refractivity contribution in [2.45, 2.75) is 39.5 Å². The Morgan fingerprint density at radius 2 is 0.554 bits per heavy atom. The minimum absolute atomic E-state index is 0.421. The molecule has 0 spiro atoms. The van der Waals surface area contributed by atoms with Crippen LogP contribution < -0.4 is 9.47 Å². The first-order valence-corrected chi connectivity index (χ1v) is 18.3. The van der Waals surface area contributed by atoms with Gasteiger partial charge in [0.2, 0.25) is 0 Å². The lowest BCUT2D eigenvalue weighted by Crippen LogP contribution is -2.09. The van der Waals surface area contributed by atoms with Crippen LogP contribution in [0.25, 0.3) is 0 Å². The number of benzene rings is 5. The van der Waals surface area contributed by atoms with E-state index in [0.29, 0.717) is 47.0 Å². The molecule has 0 unspecified atom stereocenters. The highest BCUT2D eigenvalue weighted by molar-refractivity contribution is 5.77. The number of unbranched alkanes of at least 4 members (excludes halogenated alkanes) is 2. The van der Waals surface area contributed by atoms with Gasteiger partial charge in [-0.05, 0) is 110 Å². The van der Waals surface area contributed by atoms with Crippen molar-refractivity contribution in [3.05, 3.63) is 164 Å². The van der Waals surface area contributed by atoms with Crippen LogP contribution in [0.1, 0.15) is 106 Å². The summed E-state index contributed by atoms with van der Waals surface area (Å²) in [7, 11) is 0.